The van der Waals surface area contributed by atoms with E-state index in [4.69, 9.17) is 0 Å². The van der Waals surface area contributed by atoms with Crippen LogP contribution in [-0.4, -0.2) is 6.29 Å². The molecule has 0 spiro atoms. The molecule has 92 valence electrons. The molecule has 1 nitrogen and oxygen atoms in total. The maximum absolute atomic E-state index is 10.8. The summed E-state index contributed by atoms with van der Waals surface area (Å²) in [5.41, 5.74) is 4.41. The second-order valence-corrected chi connectivity index (χ2v) is 5.63. The highest BCUT2D eigenvalue weighted by Gasteiger charge is 2.02. The highest BCUT2D eigenvalue weighted by atomic mass is 32.2. The summed E-state index contributed by atoms with van der Waals surface area (Å²) in [6.45, 7) is 6.21. The highest BCUT2D eigenvalue weighted by Crippen LogP contribution is 2.30. The van der Waals surface area contributed by atoms with Crippen LogP contribution in [0.3, 0.4) is 0 Å². The van der Waals surface area contributed by atoms with Gasteiger partial charge in [0.25, 0.3) is 0 Å². The van der Waals surface area contributed by atoms with Crippen molar-refractivity contribution in [2.45, 2.75) is 30.6 Å². The largest absolute Gasteiger partial charge is 0.298 e. The predicted molar refractivity (Wildman–Crippen MR) is 76.6 cm³/mol. The van der Waals surface area contributed by atoms with Crippen molar-refractivity contribution in [1.29, 1.82) is 0 Å². The highest BCUT2D eigenvalue weighted by molar-refractivity contribution is 7.99. The lowest BCUT2D eigenvalue weighted by molar-refractivity contribution is 0.112. The number of carbonyl (C=O) groups is 1. The Hall–Kier alpha value is -1.54. The first-order valence-corrected chi connectivity index (χ1v) is 6.73. The van der Waals surface area contributed by atoms with Gasteiger partial charge in [-0.05, 0) is 61.7 Å². The molecule has 0 bridgehead atoms. The Morgan fingerprint density at radius 2 is 1.44 bits per heavy atom. The van der Waals surface area contributed by atoms with Crippen LogP contribution in [0.15, 0.2) is 46.2 Å². The minimum atomic E-state index is 0.763. The summed E-state index contributed by atoms with van der Waals surface area (Å²) in [5, 5.41) is 0. The lowest BCUT2D eigenvalue weighted by atomic mass is 10.1. The molecule has 0 saturated carbocycles. The molecular formula is C16H16OS. The van der Waals surface area contributed by atoms with Crippen LogP contribution < -0.4 is 0 Å². The molecule has 18 heavy (non-hydrogen) atoms. The Balaban J connectivity index is 2.25. The van der Waals surface area contributed by atoms with Crippen molar-refractivity contribution in [2.75, 3.05) is 0 Å². The molecule has 2 aromatic carbocycles. The van der Waals surface area contributed by atoms with Gasteiger partial charge in [-0.3, -0.25) is 4.79 Å². The van der Waals surface area contributed by atoms with Crippen molar-refractivity contribution >= 4 is 18.0 Å². The van der Waals surface area contributed by atoms with E-state index in [0.29, 0.717) is 0 Å². The van der Waals surface area contributed by atoms with Crippen LogP contribution >= 0.6 is 11.8 Å². The van der Waals surface area contributed by atoms with Crippen molar-refractivity contribution in [3.8, 4) is 0 Å². The molecule has 0 radical (unpaired) electrons. The third-order valence-electron chi connectivity index (χ3n) is 3.08. The summed E-state index contributed by atoms with van der Waals surface area (Å²) in [5.74, 6) is 0. The second-order valence-electron chi connectivity index (χ2n) is 4.48. The fourth-order valence-electron chi connectivity index (χ4n) is 1.76. The number of carbonyl (C=O) groups excluding carboxylic acids is 1. The molecule has 0 aromatic heterocycles. The molecular weight excluding hydrogens is 240 g/mol. The zero-order chi connectivity index (χ0) is 13.1. The molecule has 2 aromatic rings. The minimum Gasteiger partial charge on any atom is -0.298 e. The average Bonchev–Trinajstić information content (AvgIpc) is 2.34. The molecule has 0 unspecified atom stereocenters. The first kappa shape index (κ1) is 12.9. The van der Waals surface area contributed by atoms with Crippen molar-refractivity contribution in [3.05, 3.63) is 58.7 Å². The van der Waals surface area contributed by atoms with Crippen molar-refractivity contribution in [1.82, 2.24) is 0 Å². The fraction of sp³-hybridized carbons (Fsp3) is 0.188. The van der Waals surface area contributed by atoms with E-state index in [2.05, 4.69) is 38.1 Å². The maximum atomic E-state index is 10.8. The lowest BCUT2D eigenvalue weighted by Gasteiger charge is -2.06. The van der Waals surface area contributed by atoms with E-state index in [1.165, 1.54) is 20.9 Å². The van der Waals surface area contributed by atoms with Gasteiger partial charge in [-0.1, -0.05) is 23.9 Å². The summed E-state index contributed by atoms with van der Waals surface area (Å²) in [4.78, 5) is 13.2. The van der Waals surface area contributed by atoms with Gasteiger partial charge in [0.15, 0.2) is 0 Å². The van der Waals surface area contributed by atoms with Gasteiger partial charge >= 0.3 is 0 Å². The number of hydrogen-bond acceptors (Lipinski definition) is 2. The summed E-state index contributed by atoms with van der Waals surface area (Å²) in [6.07, 6.45) is 0.903. The van der Waals surface area contributed by atoms with Crippen LogP contribution in [0, 0.1) is 20.8 Å². The monoisotopic (exact) mass is 256 g/mol. The van der Waals surface area contributed by atoms with E-state index in [-0.39, 0.29) is 0 Å². The van der Waals surface area contributed by atoms with Crippen molar-refractivity contribution in [2.24, 2.45) is 0 Å². The maximum Gasteiger partial charge on any atom is 0.150 e. The molecule has 2 rings (SSSR count). The van der Waals surface area contributed by atoms with Gasteiger partial charge in [-0.25, -0.2) is 0 Å². The molecule has 0 atom stereocenters. The molecule has 0 fully saturated rings. The Morgan fingerprint density at radius 1 is 0.833 bits per heavy atom. The summed E-state index contributed by atoms with van der Waals surface area (Å²) >= 11 is 1.73. The molecule has 2 heteroatoms. The van der Waals surface area contributed by atoms with Crippen LogP contribution in [-0.2, 0) is 0 Å². The van der Waals surface area contributed by atoms with Crippen LogP contribution in [0.4, 0.5) is 0 Å². The number of hydrogen-bond donors (Lipinski definition) is 0. The third kappa shape index (κ3) is 2.82. The van der Waals surface area contributed by atoms with Crippen LogP contribution in [0.5, 0.6) is 0 Å². The van der Waals surface area contributed by atoms with Crippen LogP contribution in [0.1, 0.15) is 27.0 Å². The van der Waals surface area contributed by atoms with E-state index >= 15 is 0 Å². The molecule has 0 aliphatic rings. The SMILES string of the molecule is Cc1ccc(Sc2ccc(C=O)c(C)c2)cc1C. The van der Waals surface area contributed by atoms with Gasteiger partial charge < -0.3 is 0 Å². The van der Waals surface area contributed by atoms with Gasteiger partial charge in [0.05, 0.1) is 0 Å². The molecule has 0 N–H and O–H groups in total. The van der Waals surface area contributed by atoms with Gasteiger partial charge in [-0.15, -0.1) is 0 Å². The third-order valence-corrected chi connectivity index (χ3v) is 4.06. The van der Waals surface area contributed by atoms with E-state index in [9.17, 15) is 4.79 Å². The Bertz CT molecular complexity index is 588. The van der Waals surface area contributed by atoms with Gasteiger partial charge in [0.2, 0.25) is 0 Å². The minimum absolute atomic E-state index is 0.763. The van der Waals surface area contributed by atoms with E-state index in [0.717, 1.165) is 17.4 Å². The summed E-state index contributed by atoms with van der Waals surface area (Å²) < 4.78 is 0. The first-order valence-electron chi connectivity index (χ1n) is 5.91. The Kier molecular flexibility index (Phi) is 3.87. The Labute approximate surface area is 112 Å². The fourth-order valence-corrected chi connectivity index (χ4v) is 2.77. The predicted octanol–water partition coefficient (Wildman–Crippen LogP) is 4.58. The number of aldehydes is 1. The average molecular weight is 256 g/mol. The number of benzene rings is 2. The normalized spacial score (nSPS) is 10.4. The van der Waals surface area contributed by atoms with Crippen LogP contribution in [0.25, 0.3) is 0 Å². The molecule has 0 amide bonds. The van der Waals surface area contributed by atoms with Crippen molar-refractivity contribution < 1.29 is 4.79 Å². The van der Waals surface area contributed by atoms with Gasteiger partial charge in [-0.2, -0.15) is 0 Å². The topological polar surface area (TPSA) is 17.1 Å². The number of aryl methyl sites for hydroxylation is 3. The van der Waals surface area contributed by atoms with Crippen LogP contribution in [0.2, 0.25) is 0 Å². The molecule has 0 aliphatic carbocycles. The quantitative estimate of drug-likeness (QED) is 0.748. The Morgan fingerprint density at radius 3 is 2.00 bits per heavy atom. The summed E-state index contributed by atoms with van der Waals surface area (Å²) in [7, 11) is 0. The van der Waals surface area contributed by atoms with Gasteiger partial charge in [0, 0.05) is 15.4 Å². The zero-order valence-electron chi connectivity index (χ0n) is 10.9. The summed E-state index contributed by atoms with van der Waals surface area (Å²) in [6, 6.07) is 12.4. The molecule has 0 saturated heterocycles. The zero-order valence-corrected chi connectivity index (χ0v) is 11.7. The smallest absolute Gasteiger partial charge is 0.150 e. The van der Waals surface area contributed by atoms with Crippen molar-refractivity contribution in [3.63, 3.8) is 0 Å². The number of rotatable bonds is 3. The van der Waals surface area contributed by atoms with E-state index < -0.39 is 0 Å². The molecule has 0 heterocycles. The second kappa shape index (κ2) is 5.40. The standard InChI is InChI=1S/C16H16OS/c1-11-4-6-15(8-12(11)2)18-16-7-5-14(10-17)13(3)9-16/h4-10H,1-3H3. The first-order chi connectivity index (χ1) is 8.60. The van der Waals surface area contributed by atoms with E-state index in [1.54, 1.807) is 11.8 Å². The lowest BCUT2D eigenvalue weighted by Crippen LogP contribution is -1.86. The van der Waals surface area contributed by atoms with Gasteiger partial charge in [0.1, 0.15) is 6.29 Å². The van der Waals surface area contributed by atoms with E-state index in [1.807, 2.05) is 19.1 Å². The molecule has 0 aliphatic heterocycles.